The van der Waals surface area contributed by atoms with Gasteiger partial charge in [0, 0.05) is 39.3 Å². The summed E-state index contributed by atoms with van der Waals surface area (Å²) in [5.41, 5.74) is 0.382. The van der Waals surface area contributed by atoms with Crippen molar-refractivity contribution in [1.29, 1.82) is 5.26 Å². The Balaban J connectivity index is 1.57. The number of hydrogen-bond acceptors (Lipinski definition) is 5. The van der Waals surface area contributed by atoms with Crippen molar-refractivity contribution in [2.45, 2.75) is 12.8 Å². The van der Waals surface area contributed by atoms with E-state index in [1.54, 1.807) is 21.2 Å². The molecule has 2 saturated heterocycles. The number of nitriles is 1. The Labute approximate surface area is 144 Å². The molecule has 3 amide bonds. The van der Waals surface area contributed by atoms with E-state index in [0.29, 0.717) is 49.7 Å². The summed E-state index contributed by atoms with van der Waals surface area (Å²) in [7, 11) is 0. The van der Waals surface area contributed by atoms with Crippen LogP contribution in [0.25, 0.3) is 0 Å². The largest absolute Gasteiger partial charge is 0.334 e. The number of likely N-dealkylation sites (tertiary alicyclic amines) is 1. The van der Waals surface area contributed by atoms with Crippen molar-refractivity contribution in [3.05, 3.63) is 21.9 Å². The molecular weight excluding hydrogens is 328 g/mol. The van der Waals surface area contributed by atoms with Gasteiger partial charge in [-0.15, -0.1) is 11.3 Å². The molecule has 8 heteroatoms. The first-order valence-corrected chi connectivity index (χ1v) is 8.85. The average Bonchev–Trinajstić information content (AvgIpc) is 3.31. The van der Waals surface area contributed by atoms with Crippen LogP contribution in [0.5, 0.6) is 0 Å². The topological polar surface area (TPSA) is 84.7 Å². The van der Waals surface area contributed by atoms with Gasteiger partial charge in [-0.25, -0.2) is 0 Å². The van der Waals surface area contributed by atoms with Crippen LogP contribution in [0.3, 0.4) is 0 Å². The second-order valence-corrected chi connectivity index (χ2v) is 6.78. The Morgan fingerprint density at radius 3 is 2.04 bits per heavy atom. The highest BCUT2D eigenvalue weighted by atomic mass is 32.1. The third-order valence-electron chi connectivity index (χ3n) is 4.41. The van der Waals surface area contributed by atoms with Crippen LogP contribution in [0.4, 0.5) is 0 Å². The van der Waals surface area contributed by atoms with E-state index in [9.17, 15) is 14.4 Å². The number of carbonyl (C=O) groups excluding carboxylic acids is 3. The summed E-state index contributed by atoms with van der Waals surface area (Å²) < 4.78 is 0. The maximum absolute atomic E-state index is 12.5. The minimum absolute atomic E-state index is 0.181. The van der Waals surface area contributed by atoms with Crippen molar-refractivity contribution >= 4 is 29.1 Å². The van der Waals surface area contributed by atoms with E-state index < -0.39 is 11.8 Å². The maximum Gasteiger partial charge on any atom is 0.312 e. The van der Waals surface area contributed by atoms with E-state index in [1.807, 2.05) is 6.07 Å². The minimum Gasteiger partial charge on any atom is -0.334 e. The van der Waals surface area contributed by atoms with Gasteiger partial charge >= 0.3 is 11.8 Å². The summed E-state index contributed by atoms with van der Waals surface area (Å²) in [5.74, 6) is -1.09. The third kappa shape index (κ3) is 3.12. The Kier molecular flexibility index (Phi) is 4.81. The lowest BCUT2D eigenvalue weighted by Crippen LogP contribution is -2.54. The second-order valence-electron chi connectivity index (χ2n) is 5.86. The predicted octanol–water partition coefficient (Wildman–Crippen LogP) is 0.527. The van der Waals surface area contributed by atoms with Crippen LogP contribution in [0.1, 0.15) is 28.1 Å². The molecule has 0 spiro atoms. The van der Waals surface area contributed by atoms with Crippen LogP contribution in [0.2, 0.25) is 0 Å². The predicted molar refractivity (Wildman–Crippen MR) is 87.3 cm³/mol. The fourth-order valence-corrected chi connectivity index (χ4v) is 3.82. The summed E-state index contributed by atoms with van der Waals surface area (Å²) in [6.45, 7) is 2.74. The van der Waals surface area contributed by atoms with Crippen molar-refractivity contribution in [3.8, 4) is 6.07 Å². The van der Waals surface area contributed by atoms with Gasteiger partial charge in [0.05, 0.1) is 5.56 Å². The first kappa shape index (κ1) is 16.5. The van der Waals surface area contributed by atoms with E-state index >= 15 is 0 Å². The lowest BCUT2D eigenvalue weighted by Gasteiger charge is -2.34. The first-order chi connectivity index (χ1) is 11.6. The van der Waals surface area contributed by atoms with E-state index in [1.165, 1.54) is 16.2 Å². The van der Waals surface area contributed by atoms with Gasteiger partial charge in [-0.2, -0.15) is 5.26 Å². The molecule has 0 radical (unpaired) electrons. The zero-order valence-corrected chi connectivity index (χ0v) is 14.0. The maximum atomic E-state index is 12.5. The summed E-state index contributed by atoms with van der Waals surface area (Å²) in [6.07, 6.45) is 1.90. The number of carbonyl (C=O) groups is 3. The molecule has 0 aromatic carbocycles. The molecule has 126 valence electrons. The molecule has 1 aromatic heterocycles. The molecule has 1 aromatic rings. The van der Waals surface area contributed by atoms with Gasteiger partial charge in [-0.05, 0) is 24.3 Å². The van der Waals surface area contributed by atoms with Gasteiger partial charge in [0.15, 0.2) is 0 Å². The van der Waals surface area contributed by atoms with Gasteiger partial charge in [0.1, 0.15) is 10.9 Å². The van der Waals surface area contributed by atoms with E-state index in [2.05, 4.69) is 0 Å². The Morgan fingerprint density at radius 2 is 1.46 bits per heavy atom. The number of hydrogen-bond donors (Lipinski definition) is 0. The summed E-state index contributed by atoms with van der Waals surface area (Å²) in [5, 5.41) is 10.7. The summed E-state index contributed by atoms with van der Waals surface area (Å²) >= 11 is 1.25. The number of rotatable bonds is 1. The molecule has 2 fully saturated rings. The highest BCUT2D eigenvalue weighted by Gasteiger charge is 2.32. The molecule has 0 N–H and O–H groups in total. The number of thiophene rings is 1. The standard InChI is InChI=1S/C16H18N4O3S/c17-11-12-3-10-24-13(12)14(21)19-6-8-20(9-7-19)16(23)15(22)18-4-1-2-5-18/h3,10H,1-2,4-9H2. The van der Waals surface area contributed by atoms with Crippen molar-refractivity contribution in [2.24, 2.45) is 0 Å². The molecule has 3 rings (SSSR count). The Morgan fingerprint density at radius 1 is 0.917 bits per heavy atom. The van der Waals surface area contributed by atoms with Gasteiger partial charge in [-0.3, -0.25) is 14.4 Å². The second kappa shape index (κ2) is 7.01. The smallest absolute Gasteiger partial charge is 0.312 e. The average molecular weight is 346 g/mol. The van der Waals surface area contributed by atoms with Crippen molar-refractivity contribution in [2.75, 3.05) is 39.3 Å². The van der Waals surface area contributed by atoms with E-state index in [4.69, 9.17) is 5.26 Å². The molecule has 7 nitrogen and oxygen atoms in total. The Hall–Kier alpha value is -2.40. The molecule has 24 heavy (non-hydrogen) atoms. The van der Waals surface area contributed by atoms with Crippen molar-refractivity contribution < 1.29 is 14.4 Å². The molecule has 0 atom stereocenters. The van der Waals surface area contributed by atoms with Crippen molar-refractivity contribution in [1.82, 2.24) is 14.7 Å². The van der Waals surface area contributed by atoms with E-state index in [-0.39, 0.29) is 5.91 Å². The molecular formula is C16H18N4O3S. The zero-order chi connectivity index (χ0) is 17.1. The molecule has 3 heterocycles. The fraction of sp³-hybridized carbons (Fsp3) is 0.500. The molecule has 0 bridgehead atoms. The van der Waals surface area contributed by atoms with Crippen LogP contribution in [-0.4, -0.2) is 71.7 Å². The number of nitrogens with zero attached hydrogens (tertiary/aromatic N) is 4. The lowest BCUT2D eigenvalue weighted by molar-refractivity contribution is -0.152. The van der Waals surface area contributed by atoms with Gasteiger partial charge in [0.25, 0.3) is 5.91 Å². The lowest BCUT2D eigenvalue weighted by atomic mass is 10.2. The van der Waals surface area contributed by atoms with Crippen molar-refractivity contribution in [3.63, 3.8) is 0 Å². The van der Waals surface area contributed by atoms with E-state index in [0.717, 1.165) is 12.8 Å². The van der Waals surface area contributed by atoms with Crippen LogP contribution in [0.15, 0.2) is 11.4 Å². The zero-order valence-electron chi connectivity index (χ0n) is 13.2. The van der Waals surface area contributed by atoms with Gasteiger partial charge in [0.2, 0.25) is 0 Å². The summed E-state index contributed by atoms with van der Waals surface area (Å²) in [4.78, 5) is 42.1. The van der Waals surface area contributed by atoms with Gasteiger partial charge < -0.3 is 14.7 Å². The van der Waals surface area contributed by atoms with Crippen LogP contribution in [-0.2, 0) is 9.59 Å². The minimum atomic E-state index is -0.474. The SMILES string of the molecule is N#Cc1ccsc1C(=O)N1CCN(C(=O)C(=O)N2CCCC2)CC1. The molecule has 0 aliphatic carbocycles. The third-order valence-corrected chi connectivity index (χ3v) is 5.31. The molecule has 0 unspecified atom stereocenters. The van der Waals surface area contributed by atoms with Crippen LogP contribution in [0, 0.1) is 11.3 Å². The molecule has 2 aliphatic rings. The highest BCUT2D eigenvalue weighted by molar-refractivity contribution is 7.12. The number of piperazine rings is 1. The van der Waals surface area contributed by atoms with Crippen LogP contribution >= 0.6 is 11.3 Å². The number of amides is 3. The monoisotopic (exact) mass is 346 g/mol. The Bertz CT molecular complexity index is 694. The fourth-order valence-electron chi connectivity index (χ4n) is 3.01. The highest BCUT2D eigenvalue weighted by Crippen LogP contribution is 2.19. The summed E-state index contributed by atoms with van der Waals surface area (Å²) in [6, 6.07) is 3.65. The molecule has 2 aliphatic heterocycles. The quantitative estimate of drug-likeness (QED) is 0.694. The van der Waals surface area contributed by atoms with Gasteiger partial charge in [-0.1, -0.05) is 0 Å². The normalized spacial score (nSPS) is 17.7. The first-order valence-electron chi connectivity index (χ1n) is 7.97. The van der Waals surface area contributed by atoms with Crippen LogP contribution < -0.4 is 0 Å². The molecule has 0 saturated carbocycles.